The van der Waals surface area contributed by atoms with Crippen LogP contribution in [0.25, 0.3) is 0 Å². The molecule has 1 aliphatic rings. The highest BCUT2D eigenvalue weighted by Gasteiger charge is 2.16. The van der Waals surface area contributed by atoms with Crippen LogP contribution in [-0.4, -0.2) is 21.6 Å². The summed E-state index contributed by atoms with van der Waals surface area (Å²) in [6.45, 7) is 2.00. The molecule has 6 heteroatoms. The molecule has 1 amide bonds. The smallest absolute Gasteiger partial charge is 0.234 e. The van der Waals surface area contributed by atoms with Gasteiger partial charge in [0.25, 0.3) is 0 Å². The van der Waals surface area contributed by atoms with Crippen molar-refractivity contribution in [3.8, 4) is 0 Å². The number of carbonyl (C=O) groups is 1. The molecule has 0 saturated carbocycles. The number of aromatic nitrogens is 2. The van der Waals surface area contributed by atoms with E-state index in [4.69, 9.17) is 0 Å². The fourth-order valence-electron chi connectivity index (χ4n) is 2.70. The predicted octanol–water partition coefficient (Wildman–Crippen LogP) is 3.53. The fraction of sp³-hybridized carbons (Fsp3) is 0.353. The van der Waals surface area contributed by atoms with Gasteiger partial charge in [0.15, 0.2) is 5.16 Å². The Bertz CT molecular complexity index is 736. The molecule has 0 fully saturated rings. The SMILES string of the molecule is Cc1nc(SCC(=O)Nc2ccccc2F)nc2c1CCCC2. The Morgan fingerprint density at radius 3 is 2.87 bits per heavy atom. The lowest BCUT2D eigenvalue weighted by molar-refractivity contribution is -0.113. The van der Waals surface area contributed by atoms with Crippen LogP contribution in [0.3, 0.4) is 0 Å². The lowest BCUT2D eigenvalue weighted by atomic mass is 9.95. The molecule has 0 bridgehead atoms. The molecule has 0 radical (unpaired) electrons. The van der Waals surface area contributed by atoms with Gasteiger partial charge in [-0.05, 0) is 50.3 Å². The van der Waals surface area contributed by atoms with Crippen molar-refractivity contribution >= 4 is 23.4 Å². The van der Waals surface area contributed by atoms with Crippen LogP contribution in [0.2, 0.25) is 0 Å². The van der Waals surface area contributed by atoms with E-state index < -0.39 is 5.82 Å². The van der Waals surface area contributed by atoms with E-state index >= 15 is 0 Å². The fourth-order valence-corrected chi connectivity index (χ4v) is 3.41. The number of para-hydroxylation sites is 1. The molecule has 4 nitrogen and oxygen atoms in total. The zero-order chi connectivity index (χ0) is 16.2. The minimum absolute atomic E-state index is 0.159. The summed E-state index contributed by atoms with van der Waals surface area (Å²) in [7, 11) is 0. The number of halogens is 1. The van der Waals surface area contributed by atoms with Gasteiger partial charge in [0.05, 0.1) is 11.4 Å². The Labute approximate surface area is 138 Å². The Kier molecular flexibility index (Phi) is 4.91. The third kappa shape index (κ3) is 3.88. The number of nitrogens with zero attached hydrogens (tertiary/aromatic N) is 2. The van der Waals surface area contributed by atoms with Gasteiger partial charge >= 0.3 is 0 Å². The summed E-state index contributed by atoms with van der Waals surface area (Å²) in [6, 6.07) is 6.13. The first-order chi connectivity index (χ1) is 11.1. The molecule has 0 spiro atoms. The van der Waals surface area contributed by atoms with Gasteiger partial charge in [0, 0.05) is 11.4 Å². The number of carbonyl (C=O) groups excluding carboxylic acids is 1. The third-order valence-electron chi connectivity index (χ3n) is 3.85. The molecule has 1 aromatic carbocycles. The second kappa shape index (κ2) is 7.08. The Hall–Kier alpha value is -1.95. The summed E-state index contributed by atoms with van der Waals surface area (Å²) in [5, 5.41) is 3.18. The van der Waals surface area contributed by atoms with Crippen molar-refractivity contribution in [1.29, 1.82) is 0 Å². The van der Waals surface area contributed by atoms with E-state index in [1.165, 1.54) is 35.9 Å². The van der Waals surface area contributed by atoms with E-state index in [-0.39, 0.29) is 17.3 Å². The van der Waals surface area contributed by atoms with Crippen LogP contribution in [0.15, 0.2) is 29.4 Å². The largest absolute Gasteiger partial charge is 0.323 e. The Morgan fingerprint density at radius 2 is 2.04 bits per heavy atom. The van der Waals surface area contributed by atoms with Crippen LogP contribution in [0.1, 0.15) is 29.8 Å². The van der Waals surface area contributed by atoms with Gasteiger partial charge in [-0.2, -0.15) is 0 Å². The molecule has 1 aliphatic carbocycles. The molecule has 3 rings (SSSR count). The van der Waals surface area contributed by atoms with E-state index in [2.05, 4.69) is 15.3 Å². The molecule has 1 N–H and O–H groups in total. The summed E-state index contributed by atoms with van der Waals surface area (Å²) < 4.78 is 13.5. The Morgan fingerprint density at radius 1 is 1.26 bits per heavy atom. The maximum atomic E-state index is 13.5. The van der Waals surface area contributed by atoms with Crippen molar-refractivity contribution in [1.82, 2.24) is 9.97 Å². The second-order valence-electron chi connectivity index (χ2n) is 5.54. The number of hydrogen-bond donors (Lipinski definition) is 1. The predicted molar refractivity (Wildman–Crippen MR) is 89.2 cm³/mol. The van der Waals surface area contributed by atoms with Crippen molar-refractivity contribution in [2.75, 3.05) is 11.1 Å². The van der Waals surface area contributed by atoms with Crippen LogP contribution in [0, 0.1) is 12.7 Å². The maximum absolute atomic E-state index is 13.5. The number of fused-ring (bicyclic) bond motifs is 1. The number of nitrogens with one attached hydrogen (secondary N) is 1. The molecule has 1 heterocycles. The number of benzene rings is 1. The van der Waals surface area contributed by atoms with Crippen LogP contribution in [-0.2, 0) is 17.6 Å². The van der Waals surface area contributed by atoms with Gasteiger partial charge in [0.1, 0.15) is 5.82 Å². The maximum Gasteiger partial charge on any atom is 0.234 e. The first-order valence-corrected chi connectivity index (χ1v) is 8.65. The summed E-state index contributed by atoms with van der Waals surface area (Å²) in [4.78, 5) is 21.0. The number of amides is 1. The molecule has 1 aromatic heterocycles. The lowest BCUT2D eigenvalue weighted by Gasteiger charge is -2.17. The summed E-state index contributed by atoms with van der Waals surface area (Å²) in [5.74, 6) is -0.544. The Balaban J connectivity index is 1.63. The number of thioether (sulfide) groups is 1. The zero-order valence-corrected chi connectivity index (χ0v) is 13.8. The highest BCUT2D eigenvalue weighted by Crippen LogP contribution is 2.24. The molecule has 0 aliphatic heterocycles. The van der Waals surface area contributed by atoms with Crippen LogP contribution >= 0.6 is 11.8 Å². The van der Waals surface area contributed by atoms with Gasteiger partial charge in [-0.3, -0.25) is 4.79 Å². The standard InChI is InChI=1S/C17H18FN3OS/c1-11-12-6-2-4-8-14(12)21-17(19-11)23-10-16(22)20-15-9-5-3-7-13(15)18/h3,5,7,9H,2,4,6,8,10H2,1H3,(H,20,22). The highest BCUT2D eigenvalue weighted by atomic mass is 32.2. The summed E-state index contributed by atoms with van der Waals surface area (Å²) in [6.07, 6.45) is 4.36. The quantitative estimate of drug-likeness (QED) is 0.688. The molecule has 0 unspecified atom stereocenters. The molecular formula is C17H18FN3OS. The third-order valence-corrected chi connectivity index (χ3v) is 4.70. The molecule has 0 saturated heterocycles. The monoisotopic (exact) mass is 331 g/mol. The number of anilines is 1. The molecular weight excluding hydrogens is 313 g/mol. The number of rotatable bonds is 4. The van der Waals surface area contributed by atoms with Crippen molar-refractivity contribution in [3.05, 3.63) is 47.0 Å². The lowest BCUT2D eigenvalue weighted by Crippen LogP contribution is -2.16. The normalized spacial score (nSPS) is 13.5. The first kappa shape index (κ1) is 15.9. The van der Waals surface area contributed by atoms with E-state index in [0.29, 0.717) is 5.16 Å². The van der Waals surface area contributed by atoms with Gasteiger partial charge in [-0.25, -0.2) is 14.4 Å². The number of aryl methyl sites for hydroxylation is 2. The van der Waals surface area contributed by atoms with E-state index in [9.17, 15) is 9.18 Å². The topological polar surface area (TPSA) is 54.9 Å². The van der Waals surface area contributed by atoms with Crippen LogP contribution in [0.5, 0.6) is 0 Å². The summed E-state index contributed by atoms with van der Waals surface area (Å²) >= 11 is 1.28. The molecule has 2 aromatic rings. The van der Waals surface area contributed by atoms with Gasteiger partial charge < -0.3 is 5.32 Å². The highest BCUT2D eigenvalue weighted by molar-refractivity contribution is 7.99. The van der Waals surface area contributed by atoms with E-state index in [1.807, 2.05) is 6.92 Å². The van der Waals surface area contributed by atoms with Crippen molar-refractivity contribution in [3.63, 3.8) is 0 Å². The minimum Gasteiger partial charge on any atom is -0.323 e. The number of hydrogen-bond acceptors (Lipinski definition) is 4. The zero-order valence-electron chi connectivity index (χ0n) is 12.9. The summed E-state index contributed by atoms with van der Waals surface area (Å²) in [5.41, 5.74) is 3.57. The van der Waals surface area contributed by atoms with Gasteiger partial charge in [-0.1, -0.05) is 23.9 Å². The van der Waals surface area contributed by atoms with Gasteiger partial charge in [0.2, 0.25) is 5.91 Å². The molecule has 23 heavy (non-hydrogen) atoms. The van der Waals surface area contributed by atoms with Crippen LogP contribution < -0.4 is 5.32 Å². The van der Waals surface area contributed by atoms with Crippen LogP contribution in [0.4, 0.5) is 10.1 Å². The molecule has 0 atom stereocenters. The molecule has 120 valence electrons. The second-order valence-corrected chi connectivity index (χ2v) is 6.48. The first-order valence-electron chi connectivity index (χ1n) is 7.67. The minimum atomic E-state index is -0.438. The van der Waals surface area contributed by atoms with Crippen molar-refractivity contribution in [2.24, 2.45) is 0 Å². The van der Waals surface area contributed by atoms with E-state index in [0.717, 1.165) is 30.7 Å². The average Bonchev–Trinajstić information content (AvgIpc) is 2.55. The van der Waals surface area contributed by atoms with Crippen molar-refractivity contribution in [2.45, 2.75) is 37.8 Å². The van der Waals surface area contributed by atoms with E-state index in [1.54, 1.807) is 12.1 Å². The average molecular weight is 331 g/mol. The van der Waals surface area contributed by atoms with Crippen molar-refractivity contribution < 1.29 is 9.18 Å². The van der Waals surface area contributed by atoms with Gasteiger partial charge in [-0.15, -0.1) is 0 Å².